The summed E-state index contributed by atoms with van der Waals surface area (Å²) in [7, 11) is 0. The second-order valence-electron chi connectivity index (χ2n) is 2.69. The molecule has 0 radical (unpaired) electrons. The zero-order valence-electron chi connectivity index (χ0n) is 5.75. The normalized spacial score (nSPS) is 36.0. The van der Waals surface area contributed by atoms with Crippen molar-refractivity contribution in [1.29, 1.82) is 0 Å². The number of alkyl carbamates (subject to hydrolysis) is 1. The van der Waals surface area contributed by atoms with Gasteiger partial charge in [-0.2, -0.15) is 11.8 Å². The van der Waals surface area contributed by atoms with Crippen LogP contribution in [-0.4, -0.2) is 29.1 Å². The second kappa shape index (κ2) is 2.14. The third-order valence-corrected chi connectivity index (χ3v) is 3.13. The molecule has 1 spiro atoms. The van der Waals surface area contributed by atoms with Crippen molar-refractivity contribution in [2.45, 2.75) is 12.0 Å². The summed E-state index contributed by atoms with van der Waals surface area (Å²) in [6.07, 6.45) is 0.0971. The molecule has 2 aliphatic rings. The lowest BCUT2D eigenvalue weighted by atomic mass is 10.0. The van der Waals surface area contributed by atoms with Gasteiger partial charge in [0, 0.05) is 5.75 Å². The van der Waals surface area contributed by atoms with Crippen LogP contribution in [0.2, 0.25) is 0 Å². The van der Waals surface area contributed by atoms with E-state index in [0.29, 0.717) is 12.2 Å². The maximum Gasteiger partial charge on any atom is 0.415 e. The molecule has 2 fully saturated rings. The average Bonchev–Trinajstić information content (AvgIpc) is 2.45. The molecule has 0 aromatic carbocycles. The van der Waals surface area contributed by atoms with Crippen molar-refractivity contribution in [2.24, 2.45) is 0 Å². The molecule has 2 heterocycles. The van der Waals surface area contributed by atoms with E-state index in [9.17, 15) is 9.59 Å². The molecular formula is C6H7NO3S. The molecule has 0 aliphatic carbocycles. The maximum atomic E-state index is 11.1. The van der Waals surface area contributed by atoms with Crippen LogP contribution in [0, 0.1) is 0 Å². The van der Waals surface area contributed by atoms with Gasteiger partial charge in [-0.05, 0) is 12.2 Å². The Morgan fingerprint density at radius 1 is 1.55 bits per heavy atom. The summed E-state index contributed by atoms with van der Waals surface area (Å²) >= 11 is 1.66. The first kappa shape index (κ1) is 6.97. The Labute approximate surface area is 67.7 Å². The van der Waals surface area contributed by atoms with Gasteiger partial charge in [-0.15, -0.1) is 0 Å². The molecule has 1 atom stereocenters. The second-order valence-corrected chi connectivity index (χ2v) is 3.79. The van der Waals surface area contributed by atoms with Crippen molar-refractivity contribution in [3.05, 3.63) is 0 Å². The minimum Gasteiger partial charge on any atom is -0.374 e. The molecule has 11 heavy (non-hydrogen) atoms. The summed E-state index contributed by atoms with van der Waals surface area (Å²) in [5, 5.41) is 2.55. The van der Waals surface area contributed by atoms with Gasteiger partial charge in [-0.3, -0.25) is 0 Å². The van der Waals surface area contributed by atoms with Crippen molar-refractivity contribution in [2.75, 3.05) is 11.5 Å². The van der Waals surface area contributed by atoms with Crippen molar-refractivity contribution in [1.82, 2.24) is 5.32 Å². The van der Waals surface area contributed by atoms with Crippen LogP contribution in [0.5, 0.6) is 0 Å². The van der Waals surface area contributed by atoms with Crippen molar-refractivity contribution < 1.29 is 14.3 Å². The Morgan fingerprint density at radius 2 is 2.36 bits per heavy atom. The smallest absolute Gasteiger partial charge is 0.374 e. The van der Waals surface area contributed by atoms with E-state index in [1.807, 2.05) is 0 Å². The highest BCUT2D eigenvalue weighted by molar-refractivity contribution is 7.99. The standard InChI is InChI=1S/C6H7NO3S/c8-4-6(1-2-11-3-6)7-5(9)10-4/h1-3H2,(H,7,9). The highest BCUT2D eigenvalue weighted by atomic mass is 32.2. The highest BCUT2D eigenvalue weighted by Crippen LogP contribution is 2.31. The van der Waals surface area contributed by atoms with E-state index in [1.54, 1.807) is 11.8 Å². The molecule has 1 N–H and O–H groups in total. The van der Waals surface area contributed by atoms with Crippen molar-refractivity contribution in [3.63, 3.8) is 0 Å². The van der Waals surface area contributed by atoms with E-state index < -0.39 is 17.6 Å². The van der Waals surface area contributed by atoms with Crippen LogP contribution in [0.15, 0.2) is 0 Å². The zero-order valence-corrected chi connectivity index (χ0v) is 6.57. The fourth-order valence-corrected chi connectivity index (χ4v) is 2.60. The van der Waals surface area contributed by atoms with Gasteiger partial charge >= 0.3 is 12.1 Å². The number of cyclic esters (lactones) is 2. The number of carbonyl (C=O) groups excluding carboxylic acids is 2. The van der Waals surface area contributed by atoms with Gasteiger partial charge in [0.2, 0.25) is 0 Å². The number of carbonyl (C=O) groups is 2. The number of esters is 1. The van der Waals surface area contributed by atoms with E-state index in [2.05, 4.69) is 10.1 Å². The Hall–Kier alpha value is -0.710. The van der Waals surface area contributed by atoms with Crippen molar-refractivity contribution >= 4 is 23.8 Å². The van der Waals surface area contributed by atoms with Gasteiger partial charge in [0.15, 0.2) is 5.54 Å². The predicted molar refractivity (Wildman–Crippen MR) is 39.3 cm³/mol. The summed E-state index contributed by atoms with van der Waals surface area (Å²) < 4.78 is 4.40. The monoisotopic (exact) mass is 173 g/mol. The molecule has 5 heteroatoms. The third-order valence-electron chi connectivity index (χ3n) is 1.94. The Morgan fingerprint density at radius 3 is 2.82 bits per heavy atom. The van der Waals surface area contributed by atoms with Crippen LogP contribution in [-0.2, 0) is 9.53 Å². The Balaban J connectivity index is 2.24. The van der Waals surface area contributed by atoms with Gasteiger partial charge in [-0.25, -0.2) is 9.59 Å². The van der Waals surface area contributed by atoms with Gasteiger partial charge in [0.1, 0.15) is 0 Å². The molecule has 2 saturated heterocycles. The first-order valence-corrected chi connectivity index (χ1v) is 4.51. The van der Waals surface area contributed by atoms with E-state index in [1.165, 1.54) is 0 Å². The summed E-state index contributed by atoms with van der Waals surface area (Å²) in [5.41, 5.74) is -0.679. The summed E-state index contributed by atoms with van der Waals surface area (Å²) in [4.78, 5) is 21.7. The highest BCUT2D eigenvalue weighted by Gasteiger charge is 2.50. The van der Waals surface area contributed by atoms with E-state index in [4.69, 9.17) is 0 Å². The SMILES string of the molecule is O=C1NC2(CCSC2)C(=O)O1. The Kier molecular flexibility index (Phi) is 1.35. The molecule has 2 rings (SSSR count). The lowest BCUT2D eigenvalue weighted by Crippen LogP contribution is -2.46. The number of amides is 1. The molecular weight excluding hydrogens is 166 g/mol. The van der Waals surface area contributed by atoms with Crippen LogP contribution >= 0.6 is 11.8 Å². The van der Waals surface area contributed by atoms with E-state index in [-0.39, 0.29) is 0 Å². The lowest BCUT2D eigenvalue weighted by molar-refractivity contribution is -0.138. The lowest BCUT2D eigenvalue weighted by Gasteiger charge is -2.14. The molecule has 0 aromatic rings. The van der Waals surface area contributed by atoms with Crippen LogP contribution < -0.4 is 5.32 Å². The quantitative estimate of drug-likeness (QED) is 0.418. The number of hydrogen-bond acceptors (Lipinski definition) is 4. The van der Waals surface area contributed by atoms with E-state index >= 15 is 0 Å². The summed E-state index contributed by atoms with van der Waals surface area (Å²) in [5.74, 6) is 1.15. The Bertz CT molecular complexity index is 222. The number of rotatable bonds is 0. The average molecular weight is 173 g/mol. The van der Waals surface area contributed by atoms with Crippen LogP contribution in [0.3, 0.4) is 0 Å². The number of thioether (sulfide) groups is 1. The summed E-state index contributed by atoms with van der Waals surface area (Å²) in [6, 6.07) is 0. The van der Waals surface area contributed by atoms with Gasteiger partial charge in [0.05, 0.1) is 0 Å². The number of hydrogen-bond donors (Lipinski definition) is 1. The fourth-order valence-electron chi connectivity index (χ4n) is 1.28. The van der Waals surface area contributed by atoms with Gasteiger partial charge in [0.25, 0.3) is 0 Å². The topological polar surface area (TPSA) is 55.4 Å². The summed E-state index contributed by atoms with van der Waals surface area (Å²) in [6.45, 7) is 0. The van der Waals surface area contributed by atoms with E-state index in [0.717, 1.165) is 5.75 Å². The first-order valence-electron chi connectivity index (χ1n) is 3.35. The fraction of sp³-hybridized carbons (Fsp3) is 0.667. The van der Waals surface area contributed by atoms with Gasteiger partial charge in [-0.1, -0.05) is 0 Å². The zero-order chi connectivity index (χ0) is 7.90. The molecule has 0 aromatic heterocycles. The van der Waals surface area contributed by atoms with Crippen LogP contribution in [0.25, 0.3) is 0 Å². The number of nitrogens with one attached hydrogen (secondary N) is 1. The predicted octanol–water partition coefficient (Wildman–Crippen LogP) is 0.128. The molecule has 0 bridgehead atoms. The molecule has 1 amide bonds. The molecule has 1 unspecified atom stereocenters. The van der Waals surface area contributed by atoms with Crippen LogP contribution in [0.1, 0.15) is 6.42 Å². The minimum atomic E-state index is -0.679. The maximum absolute atomic E-state index is 11.1. The minimum absolute atomic E-state index is 0.410. The largest absolute Gasteiger partial charge is 0.415 e. The molecule has 60 valence electrons. The molecule has 0 saturated carbocycles. The van der Waals surface area contributed by atoms with Crippen molar-refractivity contribution in [3.8, 4) is 0 Å². The third kappa shape index (κ3) is 0.910. The first-order chi connectivity index (χ1) is 5.23. The van der Waals surface area contributed by atoms with Gasteiger partial charge < -0.3 is 10.1 Å². The number of ether oxygens (including phenoxy) is 1. The van der Waals surface area contributed by atoms with Crippen LogP contribution in [0.4, 0.5) is 4.79 Å². The molecule has 4 nitrogen and oxygen atoms in total. The molecule has 2 aliphatic heterocycles.